The number of ether oxygens (including phenoxy) is 2. The highest BCUT2D eigenvalue weighted by atomic mass is 79.9. The number of piperazine rings is 1. The van der Waals surface area contributed by atoms with Crippen LogP contribution in [-0.4, -0.2) is 57.8 Å². The number of nitrogens with zero attached hydrogens (tertiary/aromatic N) is 4. The highest BCUT2D eigenvalue weighted by Crippen LogP contribution is 2.48. The zero-order valence-electron chi connectivity index (χ0n) is 16.8. The van der Waals surface area contributed by atoms with Gasteiger partial charge in [-0.1, -0.05) is 11.6 Å². The largest absolute Gasteiger partial charge is 0.489 e. The van der Waals surface area contributed by atoms with Gasteiger partial charge in [0.25, 0.3) is 0 Å². The van der Waals surface area contributed by atoms with Crippen LogP contribution in [0, 0.1) is 5.82 Å². The zero-order valence-corrected chi connectivity index (χ0v) is 19.1. The number of hydrogen-bond donors (Lipinski definition) is 0. The third-order valence-electron chi connectivity index (χ3n) is 5.92. The second-order valence-corrected chi connectivity index (χ2v) is 10.1. The maximum absolute atomic E-state index is 14.9. The smallest absolute Gasteiger partial charge is 0.410 e. The molecule has 2 aromatic rings. The summed E-state index contributed by atoms with van der Waals surface area (Å²) in [5.41, 5.74) is -0.408. The molecule has 1 amide bonds. The summed E-state index contributed by atoms with van der Waals surface area (Å²) in [6.45, 7) is 6.44. The fourth-order valence-electron chi connectivity index (χ4n) is 4.77. The number of carbonyl (C=O) groups excluding carboxylic acids is 1. The van der Waals surface area contributed by atoms with Gasteiger partial charge < -0.3 is 14.4 Å². The van der Waals surface area contributed by atoms with E-state index in [1.807, 2.05) is 25.7 Å². The van der Waals surface area contributed by atoms with Crippen LogP contribution in [0.15, 0.2) is 10.8 Å². The highest BCUT2D eigenvalue weighted by molar-refractivity contribution is 9.10. The van der Waals surface area contributed by atoms with Gasteiger partial charge >= 0.3 is 6.09 Å². The SMILES string of the molecule is CC(C)(C)OC(=O)N1C2CCC1C1COc3c(Cl)c(Br)c(F)c4ncnc(c34)N1C2. The first kappa shape index (κ1) is 20.1. The summed E-state index contributed by atoms with van der Waals surface area (Å²) in [5.74, 6) is 0.413. The first-order valence-electron chi connectivity index (χ1n) is 9.89. The van der Waals surface area contributed by atoms with Crippen molar-refractivity contribution in [3.8, 4) is 5.75 Å². The minimum atomic E-state index is -0.569. The molecule has 0 spiro atoms. The number of benzene rings is 1. The fourth-order valence-corrected chi connectivity index (χ4v) is 5.37. The predicted molar refractivity (Wildman–Crippen MR) is 114 cm³/mol. The molecule has 1 aromatic heterocycles. The molecule has 7 nitrogen and oxygen atoms in total. The fraction of sp³-hybridized carbons (Fsp3) is 0.550. The quantitative estimate of drug-likeness (QED) is 0.496. The molecule has 0 aliphatic carbocycles. The molecular weight excluding hydrogens is 479 g/mol. The minimum absolute atomic E-state index is 0.0107. The van der Waals surface area contributed by atoms with Crippen LogP contribution in [0.3, 0.4) is 0 Å². The van der Waals surface area contributed by atoms with Crippen molar-refractivity contribution in [1.29, 1.82) is 0 Å². The molecule has 2 bridgehead atoms. The lowest BCUT2D eigenvalue weighted by molar-refractivity contribution is 0.00547. The molecular formula is C20H21BrClFN4O3. The van der Waals surface area contributed by atoms with Gasteiger partial charge in [0.1, 0.15) is 34.9 Å². The van der Waals surface area contributed by atoms with Crippen molar-refractivity contribution in [2.24, 2.45) is 0 Å². The van der Waals surface area contributed by atoms with Gasteiger partial charge in [-0.05, 0) is 49.5 Å². The summed E-state index contributed by atoms with van der Waals surface area (Å²) in [7, 11) is 0. The minimum Gasteiger partial charge on any atom is -0.489 e. The Bertz CT molecular complexity index is 1060. The normalized spacial score (nSPS) is 25.1. The van der Waals surface area contributed by atoms with Crippen molar-refractivity contribution < 1.29 is 18.7 Å². The molecule has 3 aliphatic heterocycles. The Labute approximate surface area is 186 Å². The Kier molecular flexibility index (Phi) is 4.56. The van der Waals surface area contributed by atoms with Gasteiger partial charge in [-0.15, -0.1) is 0 Å². The maximum atomic E-state index is 14.9. The van der Waals surface area contributed by atoms with Crippen molar-refractivity contribution in [3.63, 3.8) is 0 Å². The molecule has 10 heteroatoms. The summed E-state index contributed by atoms with van der Waals surface area (Å²) < 4.78 is 26.8. The Morgan fingerprint density at radius 2 is 2.10 bits per heavy atom. The van der Waals surface area contributed by atoms with E-state index in [4.69, 9.17) is 21.1 Å². The number of rotatable bonds is 0. The molecule has 2 fully saturated rings. The second kappa shape index (κ2) is 6.82. The molecule has 0 radical (unpaired) electrons. The van der Waals surface area contributed by atoms with Gasteiger partial charge in [-0.2, -0.15) is 0 Å². The molecule has 160 valence electrons. The number of carbonyl (C=O) groups is 1. The maximum Gasteiger partial charge on any atom is 0.410 e. The van der Waals surface area contributed by atoms with Crippen LogP contribution in [0.4, 0.5) is 15.0 Å². The second-order valence-electron chi connectivity index (χ2n) is 8.91. The number of amides is 1. The van der Waals surface area contributed by atoms with Crippen molar-refractivity contribution >= 4 is 50.3 Å². The average Bonchev–Trinajstić information content (AvgIpc) is 2.90. The summed E-state index contributed by atoms with van der Waals surface area (Å²) in [6, 6.07) is -0.256. The van der Waals surface area contributed by atoms with E-state index in [0.29, 0.717) is 30.1 Å². The lowest BCUT2D eigenvalue weighted by Crippen LogP contribution is -2.63. The molecule has 3 atom stereocenters. The number of anilines is 1. The molecule has 0 saturated carbocycles. The number of aromatic nitrogens is 2. The van der Waals surface area contributed by atoms with Crippen LogP contribution < -0.4 is 9.64 Å². The number of hydrogen-bond acceptors (Lipinski definition) is 6. The van der Waals surface area contributed by atoms with Crippen LogP contribution in [0.25, 0.3) is 10.9 Å². The van der Waals surface area contributed by atoms with Crippen LogP contribution in [0.5, 0.6) is 5.75 Å². The predicted octanol–water partition coefficient (Wildman–Crippen LogP) is 4.53. The average molecular weight is 500 g/mol. The first-order chi connectivity index (χ1) is 14.2. The molecule has 30 heavy (non-hydrogen) atoms. The van der Waals surface area contributed by atoms with Crippen molar-refractivity contribution in [2.45, 2.75) is 57.3 Å². The van der Waals surface area contributed by atoms with E-state index in [2.05, 4.69) is 30.8 Å². The number of fused-ring (bicyclic) bond motifs is 5. The van der Waals surface area contributed by atoms with E-state index >= 15 is 0 Å². The Hall–Kier alpha value is -1.87. The molecule has 3 unspecified atom stereocenters. The van der Waals surface area contributed by atoms with E-state index < -0.39 is 11.4 Å². The Morgan fingerprint density at radius 1 is 1.33 bits per heavy atom. The molecule has 1 aromatic carbocycles. The Morgan fingerprint density at radius 3 is 2.83 bits per heavy atom. The van der Waals surface area contributed by atoms with Gasteiger partial charge in [-0.3, -0.25) is 4.90 Å². The standard InChI is InChI=1S/C20H21BrClFN4O3/c1-20(2,3)30-19(28)27-9-4-5-10(27)11-7-29-17-12-16(15(23)13(21)14(17)22)24-8-25-18(12)26(11)6-9/h8-11H,4-7H2,1-3H3. The third-order valence-corrected chi connectivity index (χ3v) is 7.25. The monoisotopic (exact) mass is 498 g/mol. The van der Waals surface area contributed by atoms with Gasteiger partial charge in [0.05, 0.1) is 28.0 Å². The van der Waals surface area contributed by atoms with Crippen LogP contribution >= 0.6 is 27.5 Å². The van der Waals surface area contributed by atoms with Crippen molar-refractivity contribution in [3.05, 3.63) is 21.6 Å². The summed E-state index contributed by atoms with van der Waals surface area (Å²) >= 11 is 9.62. The van der Waals surface area contributed by atoms with Crippen molar-refractivity contribution in [2.75, 3.05) is 18.1 Å². The van der Waals surface area contributed by atoms with E-state index in [-0.39, 0.29) is 39.2 Å². The van der Waals surface area contributed by atoms with E-state index in [0.717, 1.165) is 12.8 Å². The van der Waals surface area contributed by atoms with Gasteiger partial charge in [-0.25, -0.2) is 19.2 Å². The number of halogens is 3. The summed E-state index contributed by atoms with van der Waals surface area (Å²) in [6.07, 6.45) is 2.75. The molecule has 5 rings (SSSR count). The summed E-state index contributed by atoms with van der Waals surface area (Å²) in [5, 5.41) is 0.626. The van der Waals surface area contributed by atoms with E-state index in [1.165, 1.54) is 6.33 Å². The van der Waals surface area contributed by atoms with Crippen LogP contribution in [0.2, 0.25) is 5.02 Å². The highest BCUT2D eigenvalue weighted by Gasteiger charge is 2.51. The van der Waals surface area contributed by atoms with Crippen molar-refractivity contribution in [1.82, 2.24) is 14.9 Å². The first-order valence-corrected chi connectivity index (χ1v) is 11.1. The third kappa shape index (κ3) is 2.92. The van der Waals surface area contributed by atoms with E-state index in [9.17, 15) is 9.18 Å². The lowest BCUT2D eigenvalue weighted by atomic mass is 10.0. The van der Waals surface area contributed by atoms with Crippen LogP contribution in [-0.2, 0) is 4.74 Å². The Balaban J connectivity index is 1.59. The molecule has 0 N–H and O–H groups in total. The van der Waals surface area contributed by atoms with Crippen LogP contribution in [0.1, 0.15) is 33.6 Å². The lowest BCUT2D eigenvalue weighted by Gasteiger charge is -2.46. The van der Waals surface area contributed by atoms with Gasteiger partial charge in [0.2, 0.25) is 0 Å². The van der Waals surface area contributed by atoms with Gasteiger partial charge in [0.15, 0.2) is 11.6 Å². The summed E-state index contributed by atoms with van der Waals surface area (Å²) in [4.78, 5) is 25.5. The molecule has 2 saturated heterocycles. The zero-order chi connectivity index (χ0) is 21.4. The molecule has 3 aliphatic rings. The van der Waals surface area contributed by atoms with Gasteiger partial charge in [0, 0.05) is 6.54 Å². The molecule has 4 heterocycles. The topological polar surface area (TPSA) is 67.8 Å². The van der Waals surface area contributed by atoms with E-state index in [1.54, 1.807) is 0 Å².